The van der Waals surface area contributed by atoms with Gasteiger partial charge in [0.25, 0.3) is 0 Å². The molecule has 0 bridgehead atoms. The molecule has 1 aliphatic carbocycles. The van der Waals surface area contributed by atoms with E-state index in [0.717, 1.165) is 46.3 Å². The molecule has 0 unspecified atom stereocenters. The summed E-state index contributed by atoms with van der Waals surface area (Å²) in [6, 6.07) is 6.16. The Hall–Kier alpha value is -1.92. The number of anilines is 1. The molecule has 29 heavy (non-hydrogen) atoms. The minimum absolute atomic E-state index is 0.0171. The van der Waals surface area contributed by atoms with E-state index in [1.54, 1.807) is 29.4 Å². The monoisotopic (exact) mass is 425 g/mol. The number of hydrogen-bond donors (Lipinski definition) is 1. The number of fused-ring (bicyclic) bond motifs is 3. The highest BCUT2D eigenvalue weighted by Gasteiger charge is 2.25. The van der Waals surface area contributed by atoms with Gasteiger partial charge in [0, 0.05) is 16.0 Å². The van der Waals surface area contributed by atoms with Gasteiger partial charge in [-0.3, -0.25) is 4.79 Å². The van der Waals surface area contributed by atoms with Gasteiger partial charge in [-0.1, -0.05) is 43.8 Å². The summed E-state index contributed by atoms with van der Waals surface area (Å²) in [6.45, 7) is 8.43. The fraction of sp³-hybridized carbons (Fsp3) is 0.435. The maximum Gasteiger partial charge on any atom is 0.237 e. The summed E-state index contributed by atoms with van der Waals surface area (Å²) in [4.78, 5) is 24.6. The summed E-state index contributed by atoms with van der Waals surface area (Å²) in [5.41, 5.74) is 4.62. The maximum absolute atomic E-state index is 13.0. The van der Waals surface area contributed by atoms with E-state index < -0.39 is 0 Å². The van der Waals surface area contributed by atoms with Crippen molar-refractivity contribution < 1.29 is 4.79 Å². The molecule has 0 aliphatic heterocycles. The van der Waals surface area contributed by atoms with Crippen molar-refractivity contribution in [3.8, 4) is 0 Å². The van der Waals surface area contributed by atoms with Gasteiger partial charge in [-0.05, 0) is 62.1 Å². The molecule has 1 amide bonds. The minimum Gasteiger partial charge on any atom is -0.325 e. The molecular formula is C23H27N3OS2. The normalized spacial score (nSPS) is 17.2. The lowest BCUT2D eigenvalue weighted by Crippen LogP contribution is -2.23. The summed E-state index contributed by atoms with van der Waals surface area (Å²) in [5.74, 6) is 0.745. The van der Waals surface area contributed by atoms with Crippen LogP contribution in [0.15, 0.2) is 29.6 Å². The number of aromatic nitrogens is 2. The van der Waals surface area contributed by atoms with Gasteiger partial charge in [-0.2, -0.15) is 0 Å². The van der Waals surface area contributed by atoms with Gasteiger partial charge in [0.15, 0.2) is 0 Å². The Morgan fingerprint density at radius 3 is 3.00 bits per heavy atom. The van der Waals surface area contributed by atoms with Crippen LogP contribution >= 0.6 is 23.1 Å². The Balaban J connectivity index is 1.58. The highest BCUT2D eigenvalue weighted by Crippen LogP contribution is 2.41. The van der Waals surface area contributed by atoms with Crippen LogP contribution in [0.2, 0.25) is 0 Å². The zero-order valence-electron chi connectivity index (χ0n) is 17.4. The second-order valence-corrected chi connectivity index (χ2v) is 10.3. The average molecular weight is 426 g/mol. The first-order chi connectivity index (χ1) is 14.0. The van der Waals surface area contributed by atoms with Gasteiger partial charge >= 0.3 is 0 Å². The van der Waals surface area contributed by atoms with Crippen LogP contribution in [0.4, 0.5) is 5.69 Å². The van der Waals surface area contributed by atoms with Crippen LogP contribution in [0.1, 0.15) is 48.8 Å². The van der Waals surface area contributed by atoms with E-state index in [0.29, 0.717) is 0 Å². The minimum atomic E-state index is -0.240. The fourth-order valence-electron chi connectivity index (χ4n) is 3.98. The van der Waals surface area contributed by atoms with Crippen molar-refractivity contribution in [1.29, 1.82) is 0 Å². The maximum atomic E-state index is 13.0. The number of benzene rings is 1. The highest BCUT2D eigenvalue weighted by molar-refractivity contribution is 8.00. The van der Waals surface area contributed by atoms with Crippen LogP contribution in [0.3, 0.4) is 0 Å². The van der Waals surface area contributed by atoms with E-state index in [4.69, 9.17) is 0 Å². The lowest BCUT2D eigenvalue weighted by Gasteiger charge is -2.19. The SMILES string of the molecule is CCc1cccc(C)c1NC(=O)[C@H](C)Sc1ncnc2sc3c(c12)CC[C@@H](C)C3. The van der Waals surface area contributed by atoms with Crippen LogP contribution in [0.25, 0.3) is 10.2 Å². The van der Waals surface area contributed by atoms with E-state index >= 15 is 0 Å². The average Bonchev–Trinajstić information content (AvgIpc) is 3.07. The number of hydrogen-bond acceptors (Lipinski definition) is 5. The van der Waals surface area contributed by atoms with Gasteiger partial charge in [-0.25, -0.2) is 9.97 Å². The summed E-state index contributed by atoms with van der Waals surface area (Å²) in [7, 11) is 0. The van der Waals surface area contributed by atoms with Crippen molar-refractivity contribution in [2.45, 2.75) is 63.7 Å². The second kappa shape index (κ2) is 8.44. The summed E-state index contributed by atoms with van der Waals surface area (Å²) < 4.78 is 0. The van der Waals surface area contributed by atoms with Gasteiger partial charge in [0.1, 0.15) is 16.2 Å². The third-order valence-electron chi connectivity index (χ3n) is 5.70. The number of aryl methyl sites for hydroxylation is 3. The summed E-state index contributed by atoms with van der Waals surface area (Å²) >= 11 is 3.34. The molecule has 1 aromatic carbocycles. The standard InChI is InChI=1S/C23H27N3OS2/c1-5-16-8-6-7-14(3)20(16)26-21(27)15(4)28-22-19-17-10-9-13(2)11-18(17)29-23(19)25-12-24-22/h6-8,12-13,15H,5,9-11H2,1-4H3,(H,26,27)/t13-,15+/m1/s1. The first-order valence-corrected chi connectivity index (χ1v) is 12.0. The predicted octanol–water partition coefficient (Wildman–Crippen LogP) is 5.81. The van der Waals surface area contributed by atoms with E-state index in [1.807, 2.05) is 26.0 Å². The van der Waals surface area contributed by atoms with E-state index in [2.05, 4.69) is 35.2 Å². The molecule has 1 N–H and O–H groups in total. The molecule has 0 spiro atoms. The molecule has 1 aliphatic rings. The summed E-state index contributed by atoms with van der Waals surface area (Å²) in [6.07, 6.45) is 5.95. The predicted molar refractivity (Wildman–Crippen MR) is 123 cm³/mol. The van der Waals surface area contributed by atoms with E-state index in [1.165, 1.54) is 27.8 Å². The molecule has 6 heteroatoms. The van der Waals surface area contributed by atoms with Crippen molar-refractivity contribution >= 4 is 44.9 Å². The number of carbonyl (C=O) groups excluding carboxylic acids is 1. The van der Waals surface area contributed by atoms with Gasteiger partial charge in [0.05, 0.1) is 5.25 Å². The van der Waals surface area contributed by atoms with Gasteiger partial charge in [0.2, 0.25) is 5.91 Å². The molecular weight excluding hydrogens is 398 g/mol. The zero-order chi connectivity index (χ0) is 20.5. The van der Waals surface area contributed by atoms with Crippen LogP contribution < -0.4 is 5.32 Å². The smallest absolute Gasteiger partial charge is 0.237 e. The van der Waals surface area contributed by atoms with Crippen molar-refractivity contribution in [3.63, 3.8) is 0 Å². The lowest BCUT2D eigenvalue weighted by molar-refractivity contribution is -0.115. The van der Waals surface area contributed by atoms with Crippen molar-refractivity contribution in [3.05, 3.63) is 46.1 Å². The highest BCUT2D eigenvalue weighted by atomic mass is 32.2. The Morgan fingerprint density at radius 2 is 2.21 bits per heavy atom. The Labute approximate surface area is 180 Å². The van der Waals surface area contributed by atoms with Crippen molar-refractivity contribution in [2.24, 2.45) is 5.92 Å². The number of para-hydroxylation sites is 1. The van der Waals surface area contributed by atoms with E-state index in [9.17, 15) is 4.79 Å². The molecule has 4 nitrogen and oxygen atoms in total. The topological polar surface area (TPSA) is 54.9 Å². The number of thiophene rings is 1. The van der Waals surface area contributed by atoms with E-state index in [-0.39, 0.29) is 11.2 Å². The molecule has 0 fully saturated rings. The zero-order valence-corrected chi connectivity index (χ0v) is 19.0. The number of carbonyl (C=O) groups is 1. The lowest BCUT2D eigenvalue weighted by atomic mass is 9.89. The molecule has 0 radical (unpaired) electrons. The number of thioether (sulfide) groups is 1. The first-order valence-electron chi connectivity index (χ1n) is 10.3. The van der Waals surface area contributed by atoms with Gasteiger partial charge in [-0.15, -0.1) is 11.3 Å². The quantitative estimate of drug-likeness (QED) is 0.414. The van der Waals surface area contributed by atoms with Crippen LogP contribution in [-0.4, -0.2) is 21.1 Å². The molecule has 152 valence electrons. The second-order valence-electron chi connectivity index (χ2n) is 7.92. The van der Waals surface area contributed by atoms with Crippen LogP contribution in [-0.2, 0) is 24.1 Å². The van der Waals surface area contributed by atoms with Gasteiger partial charge < -0.3 is 5.32 Å². The van der Waals surface area contributed by atoms with Crippen LogP contribution in [0, 0.1) is 12.8 Å². The molecule has 2 heterocycles. The molecule has 2 aromatic heterocycles. The fourth-order valence-corrected chi connectivity index (χ4v) is 6.34. The number of amides is 1. The van der Waals surface area contributed by atoms with Crippen molar-refractivity contribution in [2.75, 3.05) is 5.32 Å². The number of nitrogens with one attached hydrogen (secondary N) is 1. The van der Waals surface area contributed by atoms with Crippen LogP contribution in [0.5, 0.6) is 0 Å². The molecule has 0 saturated heterocycles. The number of nitrogens with zero attached hydrogens (tertiary/aromatic N) is 2. The number of rotatable bonds is 5. The van der Waals surface area contributed by atoms with Crippen molar-refractivity contribution in [1.82, 2.24) is 9.97 Å². The first kappa shape index (κ1) is 20.4. The molecule has 3 aromatic rings. The third-order valence-corrected chi connectivity index (χ3v) is 7.97. The third kappa shape index (κ3) is 4.05. The molecule has 4 rings (SSSR count). The summed E-state index contributed by atoms with van der Waals surface area (Å²) in [5, 5.41) is 5.03. The molecule has 0 saturated carbocycles. The Morgan fingerprint density at radius 1 is 1.38 bits per heavy atom. The molecule has 2 atom stereocenters. The Bertz CT molecular complexity index is 1060. The Kier molecular flexibility index (Phi) is 5.93. The largest absolute Gasteiger partial charge is 0.325 e.